The van der Waals surface area contributed by atoms with E-state index in [9.17, 15) is 4.79 Å². The molecule has 0 saturated heterocycles. The Kier molecular flexibility index (Phi) is 4.45. The minimum Gasteiger partial charge on any atom is -0.445 e. The van der Waals surface area contributed by atoms with Crippen LogP contribution in [0.1, 0.15) is 17.2 Å². The van der Waals surface area contributed by atoms with Crippen LogP contribution in [-0.4, -0.2) is 17.5 Å². The third-order valence-corrected chi connectivity index (χ3v) is 3.82. The number of hydrogen-bond donors (Lipinski definition) is 0. The Hall–Kier alpha value is -2.26. The van der Waals surface area contributed by atoms with E-state index in [1.54, 1.807) is 4.90 Å². The van der Waals surface area contributed by atoms with E-state index >= 15 is 0 Å². The van der Waals surface area contributed by atoms with Crippen LogP contribution in [0.15, 0.2) is 66.7 Å². The molecule has 1 unspecified atom stereocenters. The fourth-order valence-electron chi connectivity index (χ4n) is 2.49. The number of halogens is 1. The normalized spacial score (nSPS) is 16.8. The summed E-state index contributed by atoms with van der Waals surface area (Å²) in [7, 11) is 0. The lowest BCUT2D eigenvalue weighted by molar-refractivity contribution is 0.0949. The molecule has 0 aromatic heterocycles. The van der Waals surface area contributed by atoms with Crippen LogP contribution in [0, 0.1) is 0 Å². The number of carbonyl (C=O) groups excluding carboxylic acids is 1. The highest BCUT2D eigenvalue weighted by atomic mass is 35.5. The maximum absolute atomic E-state index is 12.3. The molecule has 1 atom stereocenters. The first-order valence-electron chi connectivity index (χ1n) is 7.13. The molecule has 1 aliphatic rings. The summed E-state index contributed by atoms with van der Waals surface area (Å²) in [6, 6.07) is 17.1. The Balaban J connectivity index is 1.67. The van der Waals surface area contributed by atoms with E-state index in [4.69, 9.17) is 16.3 Å². The SMILES string of the molecule is O=C(OCc1ccccc1)N1CC=CC1c1cccc(Cl)c1. The zero-order valence-corrected chi connectivity index (χ0v) is 12.7. The fraction of sp³-hybridized carbons (Fsp3) is 0.167. The molecule has 2 aromatic rings. The van der Waals surface area contributed by atoms with Crippen LogP contribution < -0.4 is 0 Å². The summed E-state index contributed by atoms with van der Waals surface area (Å²) in [5.74, 6) is 0. The Morgan fingerprint density at radius 3 is 2.77 bits per heavy atom. The number of rotatable bonds is 3. The van der Waals surface area contributed by atoms with Gasteiger partial charge in [-0.15, -0.1) is 0 Å². The molecular formula is C18H16ClNO2. The Morgan fingerprint density at radius 2 is 2.00 bits per heavy atom. The van der Waals surface area contributed by atoms with Gasteiger partial charge in [0.1, 0.15) is 6.61 Å². The van der Waals surface area contributed by atoms with Gasteiger partial charge in [0.05, 0.1) is 6.04 Å². The van der Waals surface area contributed by atoms with Crippen LogP contribution in [0.25, 0.3) is 0 Å². The molecule has 0 bridgehead atoms. The van der Waals surface area contributed by atoms with Crippen LogP contribution in [0.4, 0.5) is 4.79 Å². The van der Waals surface area contributed by atoms with Gasteiger partial charge in [-0.05, 0) is 23.3 Å². The monoisotopic (exact) mass is 313 g/mol. The average Bonchev–Trinajstić information content (AvgIpc) is 3.03. The van der Waals surface area contributed by atoms with Crippen molar-refractivity contribution < 1.29 is 9.53 Å². The highest BCUT2D eigenvalue weighted by molar-refractivity contribution is 6.30. The van der Waals surface area contributed by atoms with Crippen molar-refractivity contribution in [2.24, 2.45) is 0 Å². The molecule has 0 aliphatic carbocycles. The average molecular weight is 314 g/mol. The maximum atomic E-state index is 12.3. The second-order valence-corrected chi connectivity index (χ2v) is 5.56. The molecule has 3 nitrogen and oxygen atoms in total. The molecule has 112 valence electrons. The number of ether oxygens (including phenoxy) is 1. The van der Waals surface area contributed by atoms with Gasteiger partial charge in [0.15, 0.2) is 0 Å². The highest BCUT2D eigenvalue weighted by Gasteiger charge is 2.27. The second-order valence-electron chi connectivity index (χ2n) is 5.12. The van der Waals surface area contributed by atoms with E-state index < -0.39 is 0 Å². The highest BCUT2D eigenvalue weighted by Crippen LogP contribution is 2.29. The maximum Gasteiger partial charge on any atom is 0.411 e. The summed E-state index contributed by atoms with van der Waals surface area (Å²) in [6.07, 6.45) is 3.64. The zero-order valence-electron chi connectivity index (χ0n) is 12.0. The standard InChI is InChI=1S/C18H16ClNO2/c19-16-9-4-8-15(12-16)17-10-5-11-20(17)18(21)22-13-14-6-2-1-3-7-14/h1-10,12,17H,11,13H2. The topological polar surface area (TPSA) is 29.5 Å². The van der Waals surface area contributed by atoms with Gasteiger partial charge in [0.25, 0.3) is 0 Å². The molecular weight excluding hydrogens is 298 g/mol. The van der Waals surface area contributed by atoms with Crippen molar-refractivity contribution >= 4 is 17.7 Å². The Morgan fingerprint density at radius 1 is 1.18 bits per heavy atom. The van der Waals surface area contributed by atoms with Gasteiger partial charge in [-0.2, -0.15) is 0 Å². The molecule has 4 heteroatoms. The Labute approximate surface area is 134 Å². The van der Waals surface area contributed by atoms with Crippen molar-refractivity contribution in [3.63, 3.8) is 0 Å². The minimum atomic E-state index is -0.321. The lowest BCUT2D eigenvalue weighted by atomic mass is 10.1. The van der Waals surface area contributed by atoms with Gasteiger partial charge in [-0.3, -0.25) is 4.90 Å². The first-order chi connectivity index (χ1) is 10.7. The summed E-state index contributed by atoms with van der Waals surface area (Å²) >= 11 is 6.03. The van der Waals surface area contributed by atoms with Gasteiger partial charge in [-0.1, -0.05) is 66.2 Å². The predicted molar refractivity (Wildman–Crippen MR) is 86.7 cm³/mol. The van der Waals surface area contributed by atoms with Crippen molar-refractivity contribution in [1.29, 1.82) is 0 Å². The molecule has 22 heavy (non-hydrogen) atoms. The third kappa shape index (κ3) is 3.31. The van der Waals surface area contributed by atoms with E-state index in [2.05, 4.69) is 0 Å². The number of benzene rings is 2. The molecule has 0 spiro atoms. The van der Waals surface area contributed by atoms with Crippen molar-refractivity contribution in [1.82, 2.24) is 4.90 Å². The lowest BCUT2D eigenvalue weighted by Gasteiger charge is -2.24. The molecule has 0 fully saturated rings. The predicted octanol–water partition coefficient (Wildman–Crippen LogP) is 4.59. The van der Waals surface area contributed by atoms with Crippen LogP contribution in [0.5, 0.6) is 0 Å². The molecule has 1 heterocycles. The summed E-state index contributed by atoms with van der Waals surface area (Å²) in [5.41, 5.74) is 1.96. The van der Waals surface area contributed by atoms with Crippen LogP contribution in [-0.2, 0) is 11.3 Å². The molecule has 0 radical (unpaired) electrons. The van der Waals surface area contributed by atoms with E-state index in [0.29, 0.717) is 11.6 Å². The largest absolute Gasteiger partial charge is 0.445 e. The first kappa shape index (κ1) is 14.7. The van der Waals surface area contributed by atoms with Crippen molar-refractivity contribution in [3.05, 3.63) is 82.9 Å². The molecule has 0 saturated carbocycles. The van der Waals surface area contributed by atoms with Gasteiger partial charge >= 0.3 is 6.09 Å². The number of amides is 1. The van der Waals surface area contributed by atoms with E-state index in [-0.39, 0.29) is 18.7 Å². The molecule has 0 N–H and O–H groups in total. The van der Waals surface area contributed by atoms with E-state index in [1.165, 1.54) is 0 Å². The smallest absolute Gasteiger partial charge is 0.411 e. The van der Waals surface area contributed by atoms with Crippen molar-refractivity contribution in [3.8, 4) is 0 Å². The van der Waals surface area contributed by atoms with Crippen LogP contribution >= 0.6 is 11.6 Å². The Bertz CT molecular complexity index is 684. The first-order valence-corrected chi connectivity index (χ1v) is 7.51. The number of nitrogens with zero attached hydrogens (tertiary/aromatic N) is 1. The van der Waals surface area contributed by atoms with Crippen molar-refractivity contribution in [2.45, 2.75) is 12.6 Å². The minimum absolute atomic E-state index is 0.123. The quantitative estimate of drug-likeness (QED) is 0.776. The summed E-state index contributed by atoms with van der Waals surface area (Å²) in [4.78, 5) is 14.0. The van der Waals surface area contributed by atoms with Crippen molar-refractivity contribution in [2.75, 3.05) is 6.54 Å². The van der Waals surface area contributed by atoms with Gasteiger partial charge in [-0.25, -0.2) is 4.79 Å². The lowest BCUT2D eigenvalue weighted by Crippen LogP contribution is -2.31. The van der Waals surface area contributed by atoms with E-state index in [0.717, 1.165) is 11.1 Å². The summed E-state index contributed by atoms with van der Waals surface area (Å²) < 4.78 is 5.41. The summed E-state index contributed by atoms with van der Waals surface area (Å²) in [6.45, 7) is 0.823. The van der Waals surface area contributed by atoms with Gasteiger partial charge in [0.2, 0.25) is 0 Å². The third-order valence-electron chi connectivity index (χ3n) is 3.59. The van der Waals surface area contributed by atoms with Gasteiger partial charge in [0, 0.05) is 11.6 Å². The zero-order chi connectivity index (χ0) is 15.4. The fourth-order valence-corrected chi connectivity index (χ4v) is 2.69. The number of carbonyl (C=O) groups is 1. The van der Waals surface area contributed by atoms with E-state index in [1.807, 2.05) is 66.7 Å². The molecule has 1 aliphatic heterocycles. The molecule has 1 amide bonds. The molecule has 2 aromatic carbocycles. The van der Waals surface area contributed by atoms with Gasteiger partial charge < -0.3 is 4.74 Å². The summed E-state index contributed by atoms with van der Waals surface area (Å²) in [5, 5.41) is 0.662. The van der Waals surface area contributed by atoms with Crippen LogP contribution in [0.2, 0.25) is 5.02 Å². The number of hydrogen-bond acceptors (Lipinski definition) is 2. The molecule has 3 rings (SSSR count). The van der Waals surface area contributed by atoms with Crippen LogP contribution in [0.3, 0.4) is 0 Å². The second kappa shape index (κ2) is 6.67.